The second kappa shape index (κ2) is 7.57. The predicted octanol–water partition coefficient (Wildman–Crippen LogP) is 4.62. The highest BCUT2D eigenvalue weighted by atomic mass is 32.2. The van der Waals surface area contributed by atoms with Crippen molar-refractivity contribution in [1.82, 2.24) is 15.2 Å². The van der Waals surface area contributed by atoms with Gasteiger partial charge in [0.1, 0.15) is 0 Å². The minimum absolute atomic E-state index is 0.661. The Balaban J connectivity index is 1.31. The number of para-hydroxylation sites is 1. The van der Waals surface area contributed by atoms with E-state index in [2.05, 4.69) is 51.6 Å². The van der Waals surface area contributed by atoms with Crippen LogP contribution < -0.4 is 0 Å². The Morgan fingerprint density at radius 1 is 0.920 bits per heavy atom. The summed E-state index contributed by atoms with van der Waals surface area (Å²) >= 11 is 1.88. The number of thioether (sulfide) groups is 1. The summed E-state index contributed by atoms with van der Waals surface area (Å²) in [6.07, 6.45) is 3.48. The minimum atomic E-state index is 0.661. The molecule has 5 heteroatoms. The van der Waals surface area contributed by atoms with Gasteiger partial charge in [0.2, 0.25) is 11.8 Å². The number of fused-ring (bicyclic) bond motifs is 1. The number of rotatable bonds is 7. The van der Waals surface area contributed by atoms with Gasteiger partial charge in [0.25, 0.3) is 0 Å². The summed E-state index contributed by atoms with van der Waals surface area (Å²) in [4.78, 5) is 3.28. The third kappa shape index (κ3) is 3.94. The SMILES string of the molecule is c1ccc(CSCCc2nnc(Cc3c[nH]c4ccccc34)o2)cc1. The van der Waals surface area contributed by atoms with Crippen LogP contribution in [0.2, 0.25) is 0 Å². The fourth-order valence-electron chi connectivity index (χ4n) is 2.83. The molecule has 0 unspecified atom stereocenters. The number of benzene rings is 2. The standard InChI is InChI=1S/C20H19N3OS/c1-2-6-15(7-3-1)14-25-11-10-19-22-23-20(24-19)12-16-13-21-18-9-5-4-8-17(16)18/h1-9,13,21H,10-12,14H2. The van der Waals surface area contributed by atoms with Gasteiger partial charge in [-0.15, -0.1) is 10.2 Å². The number of hydrogen-bond donors (Lipinski definition) is 1. The van der Waals surface area contributed by atoms with Crippen LogP contribution in [-0.4, -0.2) is 20.9 Å². The monoisotopic (exact) mass is 349 g/mol. The number of aromatic nitrogens is 3. The Labute approximate surface area is 150 Å². The summed E-state index contributed by atoms with van der Waals surface area (Å²) < 4.78 is 5.81. The lowest BCUT2D eigenvalue weighted by molar-refractivity contribution is 0.463. The van der Waals surface area contributed by atoms with E-state index in [0.717, 1.165) is 29.3 Å². The molecule has 0 aliphatic carbocycles. The van der Waals surface area contributed by atoms with E-state index in [1.807, 2.05) is 36.2 Å². The molecule has 0 atom stereocenters. The van der Waals surface area contributed by atoms with Crippen molar-refractivity contribution in [2.24, 2.45) is 0 Å². The normalized spacial score (nSPS) is 11.2. The number of aromatic amines is 1. The molecule has 25 heavy (non-hydrogen) atoms. The lowest BCUT2D eigenvalue weighted by Gasteiger charge is -1.99. The summed E-state index contributed by atoms with van der Waals surface area (Å²) in [6, 6.07) is 18.7. The van der Waals surface area contributed by atoms with Crippen molar-refractivity contribution in [3.8, 4) is 0 Å². The number of nitrogens with zero attached hydrogens (tertiary/aromatic N) is 2. The largest absolute Gasteiger partial charge is 0.425 e. The van der Waals surface area contributed by atoms with Gasteiger partial charge >= 0.3 is 0 Å². The van der Waals surface area contributed by atoms with Gasteiger partial charge in [-0.05, 0) is 17.2 Å². The highest BCUT2D eigenvalue weighted by Gasteiger charge is 2.10. The first kappa shape index (κ1) is 16.0. The van der Waals surface area contributed by atoms with Crippen LogP contribution >= 0.6 is 11.8 Å². The molecule has 126 valence electrons. The van der Waals surface area contributed by atoms with Crippen LogP contribution in [-0.2, 0) is 18.6 Å². The number of aryl methyl sites for hydroxylation is 1. The zero-order chi connectivity index (χ0) is 16.9. The van der Waals surface area contributed by atoms with E-state index >= 15 is 0 Å². The molecule has 0 amide bonds. The first-order valence-corrected chi connectivity index (χ1v) is 9.52. The molecule has 0 saturated carbocycles. The molecular formula is C20H19N3OS. The van der Waals surface area contributed by atoms with E-state index in [1.54, 1.807) is 0 Å². The van der Waals surface area contributed by atoms with Crippen molar-refractivity contribution >= 4 is 22.7 Å². The Kier molecular flexibility index (Phi) is 4.84. The average Bonchev–Trinajstić information content (AvgIpc) is 3.27. The minimum Gasteiger partial charge on any atom is -0.425 e. The van der Waals surface area contributed by atoms with Crippen molar-refractivity contribution in [3.05, 3.63) is 83.7 Å². The first-order chi connectivity index (χ1) is 12.4. The first-order valence-electron chi connectivity index (χ1n) is 8.36. The van der Waals surface area contributed by atoms with Crippen LogP contribution in [0.1, 0.15) is 22.9 Å². The summed E-state index contributed by atoms with van der Waals surface area (Å²) in [7, 11) is 0. The van der Waals surface area contributed by atoms with E-state index in [4.69, 9.17) is 4.42 Å². The molecule has 0 radical (unpaired) electrons. The quantitative estimate of drug-likeness (QED) is 0.495. The van der Waals surface area contributed by atoms with Gasteiger partial charge < -0.3 is 9.40 Å². The lowest BCUT2D eigenvalue weighted by atomic mass is 10.1. The maximum atomic E-state index is 5.81. The maximum absolute atomic E-state index is 5.81. The van der Waals surface area contributed by atoms with Crippen LogP contribution in [0.25, 0.3) is 10.9 Å². The van der Waals surface area contributed by atoms with Gasteiger partial charge in [0.05, 0.1) is 6.42 Å². The van der Waals surface area contributed by atoms with Crippen LogP contribution in [0, 0.1) is 0 Å². The average molecular weight is 349 g/mol. The molecule has 0 saturated heterocycles. The molecule has 1 N–H and O–H groups in total. The number of H-pyrrole nitrogens is 1. The molecule has 2 heterocycles. The van der Waals surface area contributed by atoms with Crippen LogP contribution in [0.15, 0.2) is 65.2 Å². The van der Waals surface area contributed by atoms with E-state index in [0.29, 0.717) is 12.3 Å². The fraction of sp³-hybridized carbons (Fsp3) is 0.200. The molecule has 0 bridgehead atoms. The van der Waals surface area contributed by atoms with E-state index in [-0.39, 0.29) is 0 Å². The highest BCUT2D eigenvalue weighted by molar-refractivity contribution is 7.98. The van der Waals surface area contributed by atoms with Gasteiger partial charge in [0, 0.05) is 35.0 Å². The fourth-order valence-corrected chi connectivity index (χ4v) is 3.72. The topological polar surface area (TPSA) is 54.7 Å². The molecular weight excluding hydrogens is 330 g/mol. The van der Waals surface area contributed by atoms with Gasteiger partial charge in [-0.2, -0.15) is 11.8 Å². The summed E-state index contributed by atoms with van der Waals surface area (Å²) in [5, 5.41) is 9.59. The molecule has 0 spiro atoms. The zero-order valence-electron chi connectivity index (χ0n) is 13.8. The van der Waals surface area contributed by atoms with Gasteiger partial charge in [-0.3, -0.25) is 0 Å². The Bertz CT molecular complexity index is 946. The number of nitrogens with one attached hydrogen (secondary N) is 1. The van der Waals surface area contributed by atoms with Crippen LogP contribution in [0.5, 0.6) is 0 Å². The Morgan fingerprint density at radius 2 is 1.72 bits per heavy atom. The Morgan fingerprint density at radius 3 is 2.64 bits per heavy atom. The van der Waals surface area contributed by atoms with Crippen LogP contribution in [0.4, 0.5) is 0 Å². The maximum Gasteiger partial charge on any atom is 0.221 e. The molecule has 4 nitrogen and oxygen atoms in total. The summed E-state index contributed by atoms with van der Waals surface area (Å²) in [5.74, 6) is 3.38. The number of hydrogen-bond acceptors (Lipinski definition) is 4. The molecule has 2 aromatic carbocycles. The van der Waals surface area contributed by atoms with Gasteiger partial charge in [-0.1, -0.05) is 48.5 Å². The predicted molar refractivity (Wildman–Crippen MR) is 102 cm³/mol. The zero-order valence-corrected chi connectivity index (χ0v) is 14.6. The summed E-state index contributed by atoms with van der Waals surface area (Å²) in [6.45, 7) is 0. The Hall–Kier alpha value is -2.53. The second-order valence-corrected chi connectivity index (χ2v) is 7.02. The van der Waals surface area contributed by atoms with Crippen molar-refractivity contribution < 1.29 is 4.42 Å². The van der Waals surface area contributed by atoms with Gasteiger partial charge in [-0.25, -0.2) is 0 Å². The van der Waals surface area contributed by atoms with E-state index < -0.39 is 0 Å². The van der Waals surface area contributed by atoms with E-state index in [9.17, 15) is 0 Å². The third-order valence-corrected chi connectivity index (χ3v) is 5.13. The van der Waals surface area contributed by atoms with E-state index in [1.165, 1.54) is 16.5 Å². The summed E-state index contributed by atoms with van der Waals surface area (Å²) in [5.41, 5.74) is 3.66. The molecule has 4 rings (SSSR count). The van der Waals surface area contributed by atoms with Crippen molar-refractivity contribution in [2.75, 3.05) is 5.75 Å². The lowest BCUT2D eigenvalue weighted by Crippen LogP contribution is -1.90. The van der Waals surface area contributed by atoms with Crippen molar-refractivity contribution in [1.29, 1.82) is 0 Å². The molecule has 0 aliphatic heterocycles. The second-order valence-electron chi connectivity index (χ2n) is 5.91. The molecule has 4 aromatic rings. The van der Waals surface area contributed by atoms with Gasteiger partial charge in [0.15, 0.2) is 0 Å². The molecule has 0 aliphatic rings. The molecule has 2 aromatic heterocycles. The van der Waals surface area contributed by atoms with Crippen molar-refractivity contribution in [3.63, 3.8) is 0 Å². The van der Waals surface area contributed by atoms with Crippen LogP contribution in [0.3, 0.4) is 0 Å². The van der Waals surface area contributed by atoms with Crippen molar-refractivity contribution in [2.45, 2.75) is 18.6 Å². The third-order valence-electron chi connectivity index (χ3n) is 4.10. The smallest absolute Gasteiger partial charge is 0.221 e. The highest BCUT2D eigenvalue weighted by Crippen LogP contribution is 2.20. The molecule has 0 fully saturated rings.